The Kier molecular flexibility index (Phi) is 6.14. The van der Waals surface area contributed by atoms with E-state index in [-0.39, 0.29) is 33.9 Å². The molecule has 2 aromatic rings. The largest absolute Gasteiger partial charge is 0.460 e. The maximum absolute atomic E-state index is 15.0. The normalized spacial score (nSPS) is 25.4. The van der Waals surface area contributed by atoms with Crippen LogP contribution in [-0.2, 0) is 10.3 Å². The van der Waals surface area contributed by atoms with Crippen LogP contribution < -0.4 is 21.1 Å². The second-order valence-electron chi connectivity index (χ2n) is 8.37. The SMILES string of the molecule is C#C[C@H](C)Oc1cnc(C(=O)Nc2cc(F)c(F)c([C@@]3(C)N=C(N)S[C@@]4(C(=O)NC)CC43)c2)cn1. The number of carbonyl (C=O) groups excluding carboxylic acids is 2. The number of ether oxygens (including phenoxy) is 1. The summed E-state index contributed by atoms with van der Waals surface area (Å²) in [5.41, 5.74) is 4.44. The highest BCUT2D eigenvalue weighted by Gasteiger charge is 2.70. The molecule has 0 spiro atoms. The third-order valence-corrected chi connectivity index (χ3v) is 7.35. The van der Waals surface area contributed by atoms with Crippen LogP contribution in [-0.4, -0.2) is 44.8 Å². The summed E-state index contributed by atoms with van der Waals surface area (Å²) in [6.07, 6.45) is 7.50. The van der Waals surface area contributed by atoms with Crippen molar-refractivity contribution in [3.8, 4) is 18.2 Å². The monoisotopic (exact) mass is 500 g/mol. The van der Waals surface area contributed by atoms with E-state index in [1.807, 2.05) is 0 Å². The molecule has 9 nitrogen and oxygen atoms in total. The molecular formula is C23H22F2N6O3S. The zero-order valence-electron chi connectivity index (χ0n) is 19.1. The van der Waals surface area contributed by atoms with Crippen molar-refractivity contribution in [3.05, 3.63) is 47.4 Å². The first-order chi connectivity index (χ1) is 16.5. The molecule has 0 radical (unpaired) electrons. The summed E-state index contributed by atoms with van der Waals surface area (Å²) in [6, 6.07) is 2.14. The molecular weight excluding hydrogens is 478 g/mol. The van der Waals surface area contributed by atoms with Crippen LogP contribution >= 0.6 is 11.8 Å². The first-order valence-electron chi connectivity index (χ1n) is 10.6. The van der Waals surface area contributed by atoms with Crippen LogP contribution in [0.2, 0.25) is 0 Å². The third-order valence-electron chi connectivity index (χ3n) is 6.05. The van der Waals surface area contributed by atoms with E-state index in [2.05, 4.69) is 31.5 Å². The van der Waals surface area contributed by atoms with Gasteiger partial charge in [-0.2, -0.15) is 0 Å². The molecule has 0 bridgehead atoms. The highest BCUT2D eigenvalue weighted by atomic mass is 32.2. The molecule has 1 fully saturated rings. The minimum atomic E-state index is -1.32. The van der Waals surface area contributed by atoms with Crippen LogP contribution in [0, 0.1) is 29.9 Å². The quantitative estimate of drug-likeness (QED) is 0.518. The number of nitrogens with one attached hydrogen (secondary N) is 2. The molecule has 182 valence electrons. The molecule has 1 aliphatic heterocycles. The van der Waals surface area contributed by atoms with Crippen LogP contribution in [0.3, 0.4) is 0 Å². The first-order valence-corrected chi connectivity index (χ1v) is 11.4. The van der Waals surface area contributed by atoms with E-state index in [1.54, 1.807) is 13.8 Å². The maximum Gasteiger partial charge on any atom is 0.275 e. The number of amides is 2. The predicted molar refractivity (Wildman–Crippen MR) is 127 cm³/mol. The van der Waals surface area contributed by atoms with E-state index >= 15 is 4.39 Å². The number of aliphatic imine (C=N–C) groups is 1. The summed E-state index contributed by atoms with van der Waals surface area (Å²) in [5, 5.41) is 5.18. The second-order valence-corrected chi connectivity index (χ2v) is 9.72. The standard InChI is InChI=1S/C23H22F2N6O3S/c1-5-11(2)34-17-10-28-15(9-29-17)19(32)30-12-6-13(18(25)14(24)7-12)22(3)16-8-23(16,20(33)27-4)35-21(26)31-22/h1,6-7,9-11,16H,8H2,2-4H3,(H2,26,31)(H,27,33)(H,30,32)/t11-,16?,22+,23-/m0/s1. The highest BCUT2D eigenvalue weighted by molar-refractivity contribution is 8.15. The summed E-state index contributed by atoms with van der Waals surface area (Å²) in [5.74, 6) is -1.20. The maximum atomic E-state index is 15.0. The Morgan fingerprint density at radius 2 is 2.09 bits per heavy atom. The number of fused-ring (bicyclic) bond motifs is 1. The summed E-state index contributed by atoms with van der Waals surface area (Å²) in [6.45, 7) is 3.24. The summed E-state index contributed by atoms with van der Waals surface area (Å²) in [4.78, 5) is 37.5. The number of carbonyl (C=O) groups is 2. The number of rotatable bonds is 6. The lowest BCUT2D eigenvalue weighted by molar-refractivity contribution is -0.121. The van der Waals surface area contributed by atoms with Gasteiger partial charge in [-0.1, -0.05) is 17.7 Å². The van der Waals surface area contributed by atoms with Gasteiger partial charge in [0, 0.05) is 30.3 Å². The molecule has 2 amide bonds. The van der Waals surface area contributed by atoms with Crippen LogP contribution in [0.4, 0.5) is 14.5 Å². The summed E-state index contributed by atoms with van der Waals surface area (Å²) >= 11 is 1.11. The van der Waals surface area contributed by atoms with E-state index in [0.717, 1.165) is 17.8 Å². The number of nitrogens with two attached hydrogens (primary N) is 1. The van der Waals surface area contributed by atoms with Gasteiger partial charge in [0.2, 0.25) is 11.8 Å². The van der Waals surface area contributed by atoms with Gasteiger partial charge in [-0.05, 0) is 26.3 Å². The molecule has 1 saturated carbocycles. The zero-order valence-corrected chi connectivity index (χ0v) is 19.9. The Labute approximate surface area is 204 Å². The van der Waals surface area contributed by atoms with E-state index in [0.29, 0.717) is 6.42 Å². The molecule has 4 N–H and O–H groups in total. The lowest BCUT2D eigenvalue weighted by Gasteiger charge is -2.33. The fourth-order valence-electron chi connectivity index (χ4n) is 4.22. The number of hydrogen-bond acceptors (Lipinski definition) is 8. The van der Waals surface area contributed by atoms with Crippen molar-refractivity contribution in [1.82, 2.24) is 15.3 Å². The molecule has 0 saturated heterocycles. The molecule has 4 atom stereocenters. The van der Waals surface area contributed by atoms with E-state index in [4.69, 9.17) is 16.9 Å². The van der Waals surface area contributed by atoms with Crippen molar-refractivity contribution in [3.63, 3.8) is 0 Å². The lowest BCUT2D eigenvalue weighted by Crippen LogP contribution is -2.43. The van der Waals surface area contributed by atoms with Gasteiger partial charge >= 0.3 is 0 Å². The Balaban J connectivity index is 1.62. The molecule has 4 rings (SSSR count). The minimum Gasteiger partial charge on any atom is -0.460 e. The number of hydrogen-bond donors (Lipinski definition) is 3. The van der Waals surface area contributed by atoms with E-state index < -0.39 is 39.8 Å². The second kappa shape index (κ2) is 8.81. The van der Waals surface area contributed by atoms with Gasteiger partial charge in [-0.25, -0.2) is 18.7 Å². The van der Waals surface area contributed by atoms with Crippen molar-refractivity contribution >= 4 is 34.4 Å². The van der Waals surface area contributed by atoms with E-state index in [9.17, 15) is 14.0 Å². The molecule has 2 aliphatic rings. The number of anilines is 1. The average molecular weight is 501 g/mol. The van der Waals surface area contributed by atoms with Crippen LogP contribution in [0.25, 0.3) is 0 Å². The number of aromatic nitrogens is 2. The number of terminal acetylenes is 1. The van der Waals surface area contributed by atoms with Gasteiger partial charge in [-0.15, -0.1) is 6.42 Å². The molecule has 12 heteroatoms. The zero-order chi connectivity index (χ0) is 25.5. The van der Waals surface area contributed by atoms with Crippen molar-refractivity contribution in [2.24, 2.45) is 16.6 Å². The highest BCUT2D eigenvalue weighted by Crippen LogP contribution is 2.66. The summed E-state index contributed by atoms with van der Waals surface area (Å²) < 4.78 is 34.1. The third kappa shape index (κ3) is 4.27. The van der Waals surface area contributed by atoms with E-state index in [1.165, 1.54) is 25.5 Å². The van der Waals surface area contributed by atoms with Crippen molar-refractivity contribution < 1.29 is 23.1 Å². The van der Waals surface area contributed by atoms with Crippen molar-refractivity contribution in [2.75, 3.05) is 12.4 Å². The molecule has 1 aromatic carbocycles. The van der Waals surface area contributed by atoms with Gasteiger partial charge in [0.15, 0.2) is 22.9 Å². The van der Waals surface area contributed by atoms with Gasteiger partial charge in [0.1, 0.15) is 10.4 Å². The van der Waals surface area contributed by atoms with Crippen molar-refractivity contribution in [1.29, 1.82) is 0 Å². The number of benzene rings is 1. The van der Waals surface area contributed by atoms with Gasteiger partial charge in [0.25, 0.3) is 5.91 Å². The fourth-order valence-corrected chi connectivity index (χ4v) is 5.64. The fraction of sp³-hybridized carbons (Fsp3) is 0.348. The molecule has 1 aromatic heterocycles. The smallest absolute Gasteiger partial charge is 0.275 e. The molecule has 35 heavy (non-hydrogen) atoms. The van der Waals surface area contributed by atoms with Crippen molar-refractivity contribution in [2.45, 2.75) is 36.7 Å². The number of thioether (sulfide) groups is 1. The Morgan fingerprint density at radius 1 is 1.34 bits per heavy atom. The molecule has 1 aliphatic carbocycles. The summed E-state index contributed by atoms with van der Waals surface area (Å²) in [7, 11) is 1.50. The van der Waals surface area contributed by atoms with Gasteiger partial charge < -0.3 is 21.1 Å². The molecule has 2 heterocycles. The Hall–Kier alpha value is -3.72. The molecule has 1 unspecified atom stereocenters. The first kappa shape index (κ1) is 24.4. The Morgan fingerprint density at radius 3 is 2.71 bits per heavy atom. The lowest BCUT2D eigenvalue weighted by atomic mass is 9.85. The predicted octanol–water partition coefficient (Wildman–Crippen LogP) is 2.19. The topological polar surface area (TPSA) is 132 Å². The number of nitrogens with zero attached hydrogens (tertiary/aromatic N) is 3. The average Bonchev–Trinajstić information content (AvgIpc) is 3.57. The van der Waals surface area contributed by atoms with Crippen LogP contribution in [0.5, 0.6) is 5.88 Å². The van der Waals surface area contributed by atoms with Crippen LogP contribution in [0.1, 0.15) is 36.3 Å². The van der Waals surface area contributed by atoms with Crippen LogP contribution in [0.15, 0.2) is 29.5 Å². The van der Waals surface area contributed by atoms with Gasteiger partial charge in [-0.3, -0.25) is 14.6 Å². The van der Waals surface area contributed by atoms with Gasteiger partial charge in [0.05, 0.1) is 17.9 Å². The Bertz CT molecular complexity index is 1280. The number of halogens is 2. The number of amidine groups is 1. The minimum absolute atomic E-state index is 0.0219.